The molecule has 1 heterocycles. The summed E-state index contributed by atoms with van der Waals surface area (Å²) in [5.41, 5.74) is 7.62. The standard InChI is InChI=1S/C14H24N2O/c1-2-3-4-5-6-9-17-12-13-7-8-16-14(10-13)11-15/h7-8,10H,2-6,9,11-12,15H2,1H3. The Balaban J connectivity index is 2.09. The first kappa shape index (κ1) is 14.1. The van der Waals surface area contributed by atoms with E-state index >= 15 is 0 Å². The fourth-order valence-electron chi connectivity index (χ4n) is 1.73. The zero-order valence-electron chi connectivity index (χ0n) is 10.8. The second-order valence-electron chi connectivity index (χ2n) is 4.33. The van der Waals surface area contributed by atoms with Crippen LogP contribution in [0.1, 0.15) is 50.3 Å². The average molecular weight is 236 g/mol. The monoisotopic (exact) mass is 236 g/mol. The predicted octanol–water partition coefficient (Wildman–Crippen LogP) is 3.03. The molecule has 0 aromatic carbocycles. The van der Waals surface area contributed by atoms with Gasteiger partial charge in [-0.25, -0.2) is 0 Å². The number of unbranched alkanes of at least 4 members (excludes halogenated alkanes) is 4. The van der Waals surface area contributed by atoms with Crippen LogP contribution >= 0.6 is 0 Å². The molecule has 0 bridgehead atoms. The van der Waals surface area contributed by atoms with Crippen LogP contribution in [-0.4, -0.2) is 11.6 Å². The van der Waals surface area contributed by atoms with Gasteiger partial charge in [-0.2, -0.15) is 0 Å². The largest absolute Gasteiger partial charge is 0.377 e. The van der Waals surface area contributed by atoms with Crippen LogP contribution in [0, 0.1) is 0 Å². The van der Waals surface area contributed by atoms with Gasteiger partial charge < -0.3 is 10.5 Å². The summed E-state index contributed by atoms with van der Waals surface area (Å²) in [5, 5.41) is 0. The Labute approximate surface area is 104 Å². The molecule has 1 aromatic heterocycles. The molecule has 0 atom stereocenters. The van der Waals surface area contributed by atoms with Crippen molar-refractivity contribution in [2.45, 2.75) is 52.2 Å². The third kappa shape index (κ3) is 6.39. The first-order valence-corrected chi connectivity index (χ1v) is 6.58. The van der Waals surface area contributed by atoms with Crippen LogP contribution in [0.2, 0.25) is 0 Å². The van der Waals surface area contributed by atoms with Gasteiger partial charge in [0.2, 0.25) is 0 Å². The van der Waals surface area contributed by atoms with Crippen LogP contribution in [0.5, 0.6) is 0 Å². The zero-order chi connectivity index (χ0) is 12.3. The second kappa shape index (κ2) is 9.14. The number of nitrogens with two attached hydrogens (primary N) is 1. The minimum absolute atomic E-state index is 0.491. The first-order valence-electron chi connectivity index (χ1n) is 6.58. The van der Waals surface area contributed by atoms with E-state index in [2.05, 4.69) is 11.9 Å². The Bertz CT molecular complexity index is 302. The smallest absolute Gasteiger partial charge is 0.0718 e. The Morgan fingerprint density at radius 2 is 2.06 bits per heavy atom. The highest BCUT2D eigenvalue weighted by molar-refractivity contribution is 5.15. The molecular weight excluding hydrogens is 212 g/mol. The van der Waals surface area contributed by atoms with Crippen molar-refractivity contribution < 1.29 is 4.74 Å². The predicted molar refractivity (Wildman–Crippen MR) is 70.5 cm³/mol. The van der Waals surface area contributed by atoms with Gasteiger partial charge in [-0.1, -0.05) is 32.6 Å². The summed E-state index contributed by atoms with van der Waals surface area (Å²) in [6.07, 6.45) is 8.19. The van der Waals surface area contributed by atoms with Crippen LogP contribution in [0.3, 0.4) is 0 Å². The summed E-state index contributed by atoms with van der Waals surface area (Å²) < 4.78 is 5.63. The summed E-state index contributed by atoms with van der Waals surface area (Å²) >= 11 is 0. The number of pyridine rings is 1. The van der Waals surface area contributed by atoms with Crippen molar-refractivity contribution in [2.24, 2.45) is 5.73 Å². The van der Waals surface area contributed by atoms with Gasteiger partial charge in [0.25, 0.3) is 0 Å². The maximum atomic E-state index is 5.63. The third-order valence-corrected chi connectivity index (χ3v) is 2.75. The molecule has 3 heteroatoms. The second-order valence-corrected chi connectivity index (χ2v) is 4.33. The lowest BCUT2D eigenvalue weighted by Gasteiger charge is -2.05. The van der Waals surface area contributed by atoms with E-state index < -0.39 is 0 Å². The first-order chi connectivity index (χ1) is 8.36. The van der Waals surface area contributed by atoms with Gasteiger partial charge in [0.05, 0.1) is 12.3 Å². The quantitative estimate of drug-likeness (QED) is 0.670. The van der Waals surface area contributed by atoms with Crippen LogP contribution < -0.4 is 5.73 Å². The lowest BCUT2D eigenvalue weighted by atomic mass is 10.2. The fourth-order valence-corrected chi connectivity index (χ4v) is 1.73. The van der Waals surface area contributed by atoms with Gasteiger partial charge in [0.1, 0.15) is 0 Å². The molecule has 96 valence electrons. The summed E-state index contributed by atoms with van der Waals surface area (Å²) in [4.78, 5) is 4.16. The summed E-state index contributed by atoms with van der Waals surface area (Å²) in [5.74, 6) is 0. The highest BCUT2D eigenvalue weighted by atomic mass is 16.5. The molecule has 0 spiro atoms. The van der Waals surface area contributed by atoms with E-state index in [0.717, 1.165) is 24.3 Å². The van der Waals surface area contributed by atoms with E-state index in [4.69, 9.17) is 10.5 Å². The molecule has 0 aliphatic carbocycles. The third-order valence-electron chi connectivity index (χ3n) is 2.75. The normalized spacial score (nSPS) is 10.7. The molecule has 2 N–H and O–H groups in total. The lowest BCUT2D eigenvalue weighted by Crippen LogP contribution is -2.01. The van der Waals surface area contributed by atoms with E-state index in [-0.39, 0.29) is 0 Å². The van der Waals surface area contributed by atoms with Crippen LogP contribution in [0.4, 0.5) is 0 Å². The van der Waals surface area contributed by atoms with Crippen LogP contribution in [-0.2, 0) is 17.9 Å². The van der Waals surface area contributed by atoms with Gasteiger partial charge >= 0.3 is 0 Å². The highest BCUT2D eigenvalue weighted by Crippen LogP contribution is 2.06. The molecule has 0 fully saturated rings. The molecular formula is C14H24N2O. The molecule has 0 radical (unpaired) electrons. The molecule has 0 aliphatic rings. The van der Waals surface area contributed by atoms with Crippen molar-refractivity contribution in [1.29, 1.82) is 0 Å². The minimum atomic E-state index is 0.491. The maximum Gasteiger partial charge on any atom is 0.0718 e. The zero-order valence-corrected chi connectivity index (χ0v) is 10.8. The molecule has 0 unspecified atom stereocenters. The number of hydrogen-bond donors (Lipinski definition) is 1. The van der Waals surface area contributed by atoms with Crippen molar-refractivity contribution in [3.05, 3.63) is 29.6 Å². The number of nitrogens with zero attached hydrogens (tertiary/aromatic N) is 1. The Morgan fingerprint density at radius 3 is 2.82 bits per heavy atom. The average Bonchev–Trinajstić information content (AvgIpc) is 2.38. The molecule has 1 rings (SSSR count). The highest BCUT2D eigenvalue weighted by Gasteiger charge is 1.96. The molecule has 0 aliphatic heterocycles. The summed E-state index contributed by atoms with van der Waals surface area (Å²) in [6, 6.07) is 3.99. The van der Waals surface area contributed by atoms with E-state index in [1.165, 1.54) is 25.7 Å². The van der Waals surface area contributed by atoms with E-state index in [1.54, 1.807) is 6.20 Å². The van der Waals surface area contributed by atoms with Crippen molar-refractivity contribution >= 4 is 0 Å². The van der Waals surface area contributed by atoms with Crippen LogP contribution in [0.25, 0.3) is 0 Å². The maximum absolute atomic E-state index is 5.63. The van der Waals surface area contributed by atoms with Crippen LogP contribution in [0.15, 0.2) is 18.3 Å². The number of hydrogen-bond acceptors (Lipinski definition) is 3. The Morgan fingerprint density at radius 1 is 1.24 bits per heavy atom. The van der Waals surface area contributed by atoms with Crippen molar-refractivity contribution in [2.75, 3.05) is 6.61 Å². The molecule has 1 aromatic rings. The summed E-state index contributed by atoms with van der Waals surface area (Å²) in [7, 11) is 0. The van der Waals surface area contributed by atoms with Crippen molar-refractivity contribution in [3.63, 3.8) is 0 Å². The molecule has 0 saturated heterocycles. The van der Waals surface area contributed by atoms with Gasteiger partial charge in [0, 0.05) is 19.3 Å². The van der Waals surface area contributed by atoms with E-state index in [0.29, 0.717) is 13.2 Å². The minimum Gasteiger partial charge on any atom is -0.377 e. The van der Waals surface area contributed by atoms with Crippen molar-refractivity contribution in [3.8, 4) is 0 Å². The van der Waals surface area contributed by atoms with E-state index in [1.807, 2.05) is 12.1 Å². The number of rotatable bonds is 9. The van der Waals surface area contributed by atoms with Gasteiger partial charge in [-0.15, -0.1) is 0 Å². The van der Waals surface area contributed by atoms with Crippen molar-refractivity contribution in [1.82, 2.24) is 4.98 Å². The van der Waals surface area contributed by atoms with Gasteiger partial charge in [-0.3, -0.25) is 4.98 Å². The van der Waals surface area contributed by atoms with E-state index in [9.17, 15) is 0 Å². The van der Waals surface area contributed by atoms with Gasteiger partial charge in [-0.05, 0) is 24.1 Å². The lowest BCUT2D eigenvalue weighted by molar-refractivity contribution is 0.116. The molecule has 3 nitrogen and oxygen atoms in total. The Hall–Kier alpha value is -0.930. The number of aromatic nitrogens is 1. The number of ether oxygens (including phenoxy) is 1. The molecule has 17 heavy (non-hydrogen) atoms. The fraction of sp³-hybridized carbons (Fsp3) is 0.643. The Kier molecular flexibility index (Phi) is 7.60. The topological polar surface area (TPSA) is 48.1 Å². The van der Waals surface area contributed by atoms with Gasteiger partial charge in [0.15, 0.2) is 0 Å². The summed E-state index contributed by atoms with van der Waals surface area (Å²) in [6.45, 7) is 4.24. The molecule has 0 amide bonds. The molecule has 0 saturated carbocycles. The SMILES string of the molecule is CCCCCCCOCc1ccnc(CN)c1.